The molecule has 2 aromatic rings. The van der Waals surface area contributed by atoms with Crippen LogP contribution in [0, 0.1) is 10.1 Å². The summed E-state index contributed by atoms with van der Waals surface area (Å²) in [5, 5.41) is 10.2. The van der Waals surface area contributed by atoms with Gasteiger partial charge in [0.15, 0.2) is 0 Å². The van der Waals surface area contributed by atoms with Crippen molar-refractivity contribution in [2.45, 2.75) is 0 Å². The Labute approximate surface area is 106 Å². The van der Waals surface area contributed by atoms with Gasteiger partial charge >= 0.3 is 0 Å². The van der Waals surface area contributed by atoms with Crippen LogP contribution in [0.5, 0.6) is 0 Å². The number of hydrogen-bond acceptors (Lipinski definition) is 3. The molecule has 0 atom stereocenters. The molecule has 0 aliphatic carbocycles. The van der Waals surface area contributed by atoms with Crippen molar-refractivity contribution in [3.8, 4) is 11.3 Å². The maximum Gasteiger partial charge on any atom is 0.238 e. The van der Waals surface area contributed by atoms with Crippen molar-refractivity contribution in [1.29, 1.82) is 0 Å². The lowest BCUT2D eigenvalue weighted by molar-refractivity contribution is -0.401. The van der Waals surface area contributed by atoms with Gasteiger partial charge in [-0.15, -0.1) is 0 Å². The van der Waals surface area contributed by atoms with E-state index >= 15 is 0 Å². The molecule has 0 N–H and O–H groups in total. The first-order valence-corrected chi connectivity index (χ1v) is 5.62. The number of furan rings is 1. The molecule has 0 bridgehead atoms. The monoisotopic (exact) mass is 293 g/mol. The van der Waals surface area contributed by atoms with Crippen molar-refractivity contribution in [3.05, 3.63) is 62.9 Å². The minimum Gasteiger partial charge on any atom is -0.457 e. The van der Waals surface area contributed by atoms with E-state index in [1.807, 2.05) is 24.3 Å². The van der Waals surface area contributed by atoms with E-state index in [0.29, 0.717) is 11.5 Å². The zero-order valence-corrected chi connectivity index (χ0v) is 10.3. The normalized spacial score (nSPS) is 10.9. The van der Waals surface area contributed by atoms with E-state index in [2.05, 4.69) is 15.9 Å². The van der Waals surface area contributed by atoms with Gasteiger partial charge in [0.05, 0.1) is 11.0 Å². The van der Waals surface area contributed by atoms with Gasteiger partial charge in [-0.05, 0) is 24.3 Å². The molecule has 1 aromatic heterocycles. The SMILES string of the molecule is O=[N+]([O-])/C=C/c1ccc(-c2ccc(Br)cc2)o1. The van der Waals surface area contributed by atoms with E-state index in [1.165, 1.54) is 6.08 Å². The fourth-order valence-electron chi connectivity index (χ4n) is 1.35. The van der Waals surface area contributed by atoms with Gasteiger partial charge in [0.25, 0.3) is 0 Å². The Balaban J connectivity index is 2.23. The van der Waals surface area contributed by atoms with Gasteiger partial charge in [0, 0.05) is 10.0 Å². The summed E-state index contributed by atoms with van der Waals surface area (Å²) >= 11 is 3.35. The summed E-state index contributed by atoms with van der Waals surface area (Å²) < 4.78 is 6.44. The van der Waals surface area contributed by atoms with Gasteiger partial charge in [0.2, 0.25) is 6.20 Å². The fourth-order valence-corrected chi connectivity index (χ4v) is 1.61. The molecule has 2 rings (SSSR count). The first kappa shape index (κ1) is 11.6. The Morgan fingerprint density at radius 1 is 1.18 bits per heavy atom. The van der Waals surface area contributed by atoms with Gasteiger partial charge in [-0.3, -0.25) is 10.1 Å². The van der Waals surface area contributed by atoms with Gasteiger partial charge in [-0.25, -0.2) is 0 Å². The third-order valence-corrected chi connectivity index (χ3v) is 2.64. The van der Waals surface area contributed by atoms with Crippen LogP contribution in [0.1, 0.15) is 5.76 Å². The first-order chi connectivity index (χ1) is 8.15. The lowest BCUT2D eigenvalue weighted by Gasteiger charge is -1.96. The highest BCUT2D eigenvalue weighted by molar-refractivity contribution is 9.10. The molecule has 86 valence electrons. The highest BCUT2D eigenvalue weighted by atomic mass is 79.9. The summed E-state index contributed by atoms with van der Waals surface area (Å²) in [5.74, 6) is 1.14. The van der Waals surface area contributed by atoms with Crippen molar-refractivity contribution in [3.63, 3.8) is 0 Å². The second-order valence-corrected chi connectivity index (χ2v) is 4.23. The largest absolute Gasteiger partial charge is 0.457 e. The zero-order chi connectivity index (χ0) is 12.3. The molecular formula is C12H8BrNO3. The van der Waals surface area contributed by atoms with Gasteiger partial charge in [0.1, 0.15) is 11.5 Å². The standard InChI is InChI=1S/C12H8BrNO3/c13-10-3-1-9(2-4-10)12-6-5-11(17-12)7-8-14(15)16/h1-8H/b8-7+. The van der Waals surface area contributed by atoms with E-state index in [0.717, 1.165) is 16.2 Å². The van der Waals surface area contributed by atoms with Crippen LogP contribution in [-0.4, -0.2) is 4.92 Å². The molecule has 0 aliphatic rings. The van der Waals surface area contributed by atoms with Crippen molar-refractivity contribution < 1.29 is 9.34 Å². The summed E-state index contributed by atoms with van der Waals surface area (Å²) in [7, 11) is 0. The van der Waals surface area contributed by atoms with E-state index in [1.54, 1.807) is 12.1 Å². The van der Waals surface area contributed by atoms with Crippen LogP contribution in [-0.2, 0) is 0 Å². The second kappa shape index (κ2) is 4.97. The van der Waals surface area contributed by atoms with Crippen LogP contribution in [0.25, 0.3) is 17.4 Å². The lowest BCUT2D eigenvalue weighted by atomic mass is 10.2. The van der Waals surface area contributed by atoms with Crippen LogP contribution >= 0.6 is 15.9 Å². The first-order valence-electron chi connectivity index (χ1n) is 4.82. The van der Waals surface area contributed by atoms with E-state index in [4.69, 9.17) is 4.42 Å². The Bertz CT molecular complexity index is 557. The minimum atomic E-state index is -0.526. The Hall–Kier alpha value is -1.88. The molecule has 17 heavy (non-hydrogen) atoms. The van der Waals surface area contributed by atoms with E-state index < -0.39 is 4.92 Å². The van der Waals surface area contributed by atoms with Gasteiger partial charge in [-0.1, -0.05) is 28.1 Å². The number of nitro groups is 1. The maximum atomic E-state index is 10.2. The predicted octanol–water partition coefficient (Wildman–Crippen LogP) is 3.96. The topological polar surface area (TPSA) is 56.3 Å². The van der Waals surface area contributed by atoms with Crippen LogP contribution in [0.2, 0.25) is 0 Å². The number of benzene rings is 1. The number of halogens is 1. The van der Waals surface area contributed by atoms with Crippen LogP contribution in [0.4, 0.5) is 0 Å². The summed E-state index contributed by atoms with van der Waals surface area (Å²) in [4.78, 5) is 9.63. The molecule has 5 heteroatoms. The average Bonchev–Trinajstić information content (AvgIpc) is 2.76. The molecule has 0 fully saturated rings. The maximum absolute atomic E-state index is 10.2. The minimum absolute atomic E-state index is 0.458. The molecule has 4 nitrogen and oxygen atoms in total. The Morgan fingerprint density at radius 2 is 1.88 bits per heavy atom. The van der Waals surface area contributed by atoms with Crippen molar-refractivity contribution >= 4 is 22.0 Å². The quantitative estimate of drug-likeness (QED) is 0.636. The van der Waals surface area contributed by atoms with Crippen molar-refractivity contribution in [1.82, 2.24) is 0 Å². The summed E-state index contributed by atoms with van der Waals surface area (Å²) in [6.45, 7) is 0. The number of nitrogens with zero attached hydrogens (tertiary/aromatic N) is 1. The highest BCUT2D eigenvalue weighted by Crippen LogP contribution is 2.24. The molecule has 0 spiro atoms. The molecule has 0 saturated carbocycles. The molecule has 0 unspecified atom stereocenters. The second-order valence-electron chi connectivity index (χ2n) is 3.31. The summed E-state index contributed by atoms with van der Waals surface area (Å²) in [6.07, 6.45) is 2.17. The fraction of sp³-hybridized carbons (Fsp3) is 0. The predicted molar refractivity (Wildman–Crippen MR) is 67.9 cm³/mol. The Morgan fingerprint density at radius 3 is 2.53 bits per heavy atom. The third kappa shape index (κ3) is 3.04. The van der Waals surface area contributed by atoms with Crippen molar-refractivity contribution in [2.75, 3.05) is 0 Å². The smallest absolute Gasteiger partial charge is 0.238 e. The molecule has 1 heterocycles. The summed E-state index contributed by atoms with van der Waals surface area (Å²) in [5.41, 5.74) is 0.925. The molecule has 0 aliphatic heterocycles. The Kier molecular flexibility index (Phi) is 3.39. The van der Waals surface area contributed by atoms with E-state index in [9.17, 15) is 10.1 Å². The molecule has 1 aromatic carbocycles. The van der Waals surface area contributed by atoms with Crippen LogP contribution in [0.3, 0.4) is 0 Å². The van der Waals surface area contributed by atoms with Gasteiger partial charge in [-0.2, -0.15) is 0 Å². The highest BCUT2D eigenvalue weighted by Gasteiger charge is 2.03. The molecule has 0 radical (unpaired) electrons. The molecule has 0 saturated heterocycles. The lowest BCUT2D eigenvalue weighted by Crippen LogP contribution is -1.80. The van der Waals surface area contributed by atoms with E-state index in [-0.39, 0.29) is 0 Å². The summed E-state index contributed by atoms with van der Waals surface area (Å²) in [6, 6.07) is 11.1. The number of hydrogen-bond donors (Lipinski definition) is 0. The average molecular weight is 294 g/mol. The third-order valence-electron chi connectivity index (χ3n) is 2.12. The van der Waals surface area contributed by atoms with Gasteiger partial charge < -0.3 is 4.42 Å². The zero-order valence-electron chi connectivity index (χ0n) is 8.67. The molecule has 0 amide bonds. The van der Waals surface area contributed by atoms with Crippen LogP contribution in [0.15, 0.2) is 51.5 Å². The van der Waals surface area contributed by atoms with Crippen molar-refractivity contribution in [2.24, 2.45) is 0 Å². The van der Waals surface area contributed by atoms with Crippen LogP contribution < -0.4 is 0 Å². The molecular weight excluding hydrogens is 286 g/mol. The number of rotatable bonds is 3.